The second kappa shape index (κ2) is 7.00. The van der Waals surface area contributed by atoms with Gasteiger partial charge in [-0.2, -0.15) is 5.21 Å². The minimum Gasteiger partial charge on any atom is -0.489 e. The first-order chi connectivity index (χ1) is 12.4. The third-order valence-corrected chi connectivity index (χ3v) is 4.00. The minimum atomic E-state index is 0.460. The van der Waals surface area contributed by atoms with E-state index in [1.165, 1.54) is 5.39 Å². The Morgan fingerprint density at radius 2 is 1.76 bits per heavy atom. The maximum atomic E-state index is 6.10. The lowest BCUT2D eigenvalue weighted by Gasteiger charge is -2.14. The Balaban J connectivity index is 1.63. The van der Waals surface area contributed by atoms with Crippen LogP contribution >= 0.6 is 0 Å². The van der Waals surface area contributed by atoms with Crippen molar-refractivity contribution in [2.45, 2.75) is 13.2 Å². The first kappa shape index (κ1) is 15.1. The fourth-order valence-corrected chi connectivity index (χ4v) is 2.77. The van der Waals surface area contributed by atoms with Gasteiger partial charge in [-0.15, -0.1) is 5.10 Å². The zero-order chi connectivity index (χ0) is 16.9. The van der Waals surface area contributed by atoms with Gasteiger partial charge in [0.15, 0.2) is 0 Å². The lowest BCUT2D eigenvalue weighted by molar-refractivity contribution is 0.304. The highest BCUT2D eigenvalue weighted by molar-refractivity contribution is 5.88. The molecule has 0 unspecified atom stereocenters. The number of tetrazole rings is 1. The number of hydrogen-bond acceptors (Lipinski definition) is 5. The van der Waals surface area contributed by atoms with Crippen molar-refractivity contribution in [1.82, 2.24) is 20.6 Å². The van der Waals surface area contributed by atoms with Crippen molar-refractivity contribution in [3.05, 3.63) is 77.9 Å². The standard InChI is InChI=1S/C19H17N5O/c1-2-6-14(7-3-1)13-25-18-11-10-15-8-4-5-9-16(15)17(18)12-20-19-21-23-24-22-19/h1-11H,12-13H2,(H2,20,21,22,23,24). The van der Waals surface area contributed by atoms with Gasteiger partial charge >= 0.3 is 0 Å². The number of aromatic nitrogens is 4. The molecular formula is C19H17N5O. The largest absolute Gasteiger partial charge is 0.489 e. The third kappa shape index (κ3) is 3.42. The number of nitrogens with zero attached hydrogens (tertiary/aromatic N) is 3. The maximum Gasteiger partial charge on any atom is 0.263 e. The first-order valence-corrected chi connectivity index (χ1v) is 8.05. The number of aromatic amines is 1. The van der Waals surface area contributed by atoms with E-state index in [-0.39, 0.29) is 0 Å². The SMILES string of the molecule is c1ccc(COc2ccc3ccccc3c2CNc2nn[nH]n2)cc1. The van der Waals surface area contributed by atoms with E-state index >= 15 is 0 Å². The molecule has 3 aromatic carbocycles. The summed E-state index contributed by atoms with van der Waals surface area (Å²) in [5.41, 5.74) is 2.20. The number of H-pyrrole nitrogens is 1. The summed E-state index contributed by atoms with van der Waals surface area (Å²) in [6.07, 6.45) is 0. The van der Waals surface area contributed by atoms with Gasteiger partial charge in [-0.25, -0.2) is 0 Å². The highest BCUT2D eigenvalue weighted by Gasteiger charge is 2.10. The van der Waals surface area contributed by atoms with Crippen LogP contribution in [-0.4, -0.2) is 20.6 Å². The molecule has 0 aliphatic heterocycles. The van der Waals surface area contributed by atoms with Gasteiger partial charge < -0.3 is 10.1 Å². The van der Waals surface area contributed by atoms with Crippen molar-refractivity contribution in [3.63, 3.8) is 0 Å². The van der Waals surface area contributed by atoms with Crippen molar-refractivity contribution in [3.8, 4) is 5.75 Å². The van der Waals surface area contributed by atoms with Crippen molar-refractivity contribution in [2.75, 3.05) is 5.32 Å². The van der Waals surface area contributed by atoms with Crippen LogP contribution in [0.4, 0.5) is 5.95 Å². The zero-order valence-corrected chi connectivity index (χ0v) is 13.5. The summed E-state index contributed by atoms with van der Waals surface area (Å²) in [6, 6.07) is 22.5. The van der Waals surface area contributed by atoms with Crippen molar-refractivity contribution in [1.29, 1.82) is 0 Å². The number of fused-ring (bicyclic) bond motifs is 1. The van der Waals surface area contributed by atoms with E-state index in [4.69, 9.17) is 4.74 Å². The summed E-state index contributed by atoms with van der Waals surface area (Å²) in [6.45, 7) is 1.07. The van der Waals surface area contributed by atoms with Crippen LogP contribution in [0.2, 0.25) is 0 Å². The number of hydrogen-bond donors (Lipinski definition) is 2. The molecule has 0 radical (unpaired) electrons. The number of anilines is 1. The molecule has 0 atom stereocenters. The summed E-state index contributed by atoms with van der Waals surface area (Å²) >= 11 is 0. The highest BCUT2D eigenvalue weighted by Crippen LogP contribution is 2.29. The van der Waals surface area contributed by atoms with Gasteiger partial charge in [0.1, 0.15) is 12.4 Å². The number of nitrogens with one attached hydrogen (secondary N) is 2. The maximum absolute atomic E-state index is 6.10. The second-order valence-corrected chi connectivity index (χ2v) is 5.63. The molecule has 2 N–H and O–H groups in total. The van der Waals surface area contributed by atoms with Crippen molar-refractivity contribution >= 4 is 16.7 Å². The highest BCUT2D eigenvalue weighted by atomic mass is 16.5. The summed E-state index contributed by atoms with van der Waals surface area (Å²) in [7, 11) is 0. The van der Waals surface area contributed by atoms with E-state index in [9.17, 15) is 0 Å². The molecule has 0 spiro atoms. The second-order valence-electron chi connectivity index (χ2n) is 5.63. The average Bonchev–Trinajstić information content (AvgIpc) is 3.19. The van der Waals surface area contributed by atoms with E-state index in [0.29, 0.717) is 19.1 Å². The van der Waals surface area contributed by atoms with Crippen molar-refractivity contribution < 1.29 is 4.74 Å². The van der Waals surface area contributed by atoms with Crippen LogP contribution in [0.15, 0.2) is 66.7 Å². The summed E-state index contributed by atoms with van der Waals surface area (Å²) < 4.78 is 6.10. The molecule has 4 aromatic rings. The van der Waals surface area contributed by atoms with Gasteiger partial charge in [0.2, 0.25) is 0 Å². The van der Waals surface area contributed by atoms with Crippen molar-refractivity contribution in [2.24, 2.45) is 0 Å². The molecule has 4 rings (SSSR count). The molecule has 0 saturated carbocycles. The van der Waals surface area contributed by atoms with E-state index in [0.717, 1.165) is 22.3 Å². The molecule has 0 bridgehead atoms. The Morgan fingerprint density at radius 3 is 2.60 bits per heavy atom. The fraction of sp³-hybridized carbons (Fsp3) is 0.105. The molecule has 0 aliphatic carbocycles. The van der Waals surface area contributed by atoms with Crippen LogP contribution < -0.4 is 10.1 Å². The predicted molar refractivity (Wildman–Crippen MR) is 96.2 cm³/mol. The van der Waals surface area contributed by atoms with Crippen LogP contribution in [0.1, 0.15) is 11.1 Å². The molecular weight excluding hydrogens is 314 g/mol. The number of ether oxygens (including phenoxy) is 1. The van der Waals surface area contributed by atoms with Crippen LogP contribution in [0, 0.1) is 0 Å². The Morgan fingerprint density at radius 1 is 0.920 bits per heavy atom. The van der Waals surface area contributed by atoms with E-state index in [1.54, 1.807) is 0 Å². The topological polar surface area (TPSA) is 75.7 Å². The molecule has 1 aromatic heterocycles. The Bertz CT molecular complexity index is 954. The monoisotopic (exact) mass is 331 g/mol. The van der Waals surface area contributed by atoms with Crippen LogP contribution in [0.3, 0.4) is 0 Å². The zero-order valence-electron chi connectivity index (χ0n) is 13.5. The van der Waals surface area contributed by atoms with E-state index < -0.39 is 0 Å². The predicted octanol–water partition coefficient (Wildman–Crippen LogP) is 3.54. The molecule has 6 heteroatoms. The van der Waals surface area contributed by atoms with Gasteiger partial charge in [-0.1, -0.05) is 65.8 Å². The van der Waals surface area contributed by atoms with Gasteiger partial charge in [0, 0.05) is 12.1 Å². The van der Waals surface area contributed by atoms with Crippen LogP contribution in [-0.2, 0) is 13.2 Å². The Kier molecular flexibility index (Phi) is 4.24. The van der Waals surface area contributed by atoms with E-state index in [2.05, 4.69) is 56.3 Å². The van der Waals surface area contributed by atoms with Gasteiger partial charge in [0.05, 0.1) is 0 Å². The Labute approximate surface area is 144 Å². The summed E-state index contributed by atoms with van der Waals surface area (Å²) in [5.74, 6) is 1.31. The molecule has 124 valence electrons. The summed E-state index contributed by atoms with van der Waals surface area (Å²) in [4.78, 5) is 0. The average molecular weight is 331 g/mol. The molecule has 0 aliphatic rings. The lowest BCUT2D eigenvalue weighted by Crippen LogP contribution is -2.05. The number of benzene rings is 3. The Hall–Kier alpha value is -3.41. The van der Waals surface area contributed by atoms with Crippen LogP contribution in [0.5, 0.6) is 5.75 Å². The molecule has 6 nitrogen and oxygen atoms in total. The quantitative estimate of drug-likeness (QED) is 0.565. The minimum absolute atomic E-state index is 0.460. The molecule has 1 heterocycles. The van der Waals surface area contributed by atoms with Gasteiger partial charge in [-0.3, -0.25) is 0 Å². The smallest absolute Gasteiger partial charge is 0.263 e. The van der Waals surface area contributed by atoms with E-state index in [1.807, 2.05) is 36.4 Å². The fourth-order valence-electron chi connectivity index (χ4n) is 2.77. The third-order valence-electron chi connectivity index (χ3n) is 4.00. The van der Waals surface area contributed by atoms with Gasteiger partial charge in [0.25, 0.3) is 5.95 Å². The lowest BCUT2D eigenvalue weighted by atomic mass is 10.0. The van der Waals surface area contributed by atoms with Gasteiger partial charge in [-0.05, 0) is 27.6 Å². The normalized spacial score (nSPS) is 10.7. The summed E-state index contributed by atoms with van der Waals surface area (Å²) in [5, 5.41) is 19.4. The molecule has 0 saturated heterocycles. The number of rotatable bonds is 6. The first-order valence-electron chi connectivity index (χ1n) is 8.05. The molecule has 0 fully saturated rings. The van der Waals surface area contributed by atoms with Crippen LogP contribution in [0.25, 0.3) is 10.8 Å². The molecule has 25 heavy (non-hydrogen) atoms. The molecule has 0 amide bonds.